The number of nitrogens with zero attached hydrogens (tertiary/aromatic N) is 3. The lowest BCUT2D eigenvalue weighted by molar-refractivity contribution is -0.0498. The fourth-order valence-electron chi connectivity index (χ4n) is 3.14. The first-order valence-electron chi connectivity index (χ1n) is 7.27. The van der Waals surface area contributed by atoms with Crippen molar-refractivity contribution in [1.82, 2.24) is 14.8 Å². The normalized spacial score (nSPS) is 11.4. The third-order valence-electron chi connectivity index (χ3n) is 4.04. The number of fused-ring (bicyclic) bond motifs is 1. The lowest BCUT2D eigenvalue weighted by Crippen LogP contribution is -2.03. The largest absolute Gasteiger partial charge is 0.435 e. The van der Waals surface area contributed by atoms with Crippen LogP contribution in [-0.2, 0) is 0 Å². The van der Waals surface area contributed by atoms with Crippen LogP contribution in [-0.4, -0.2) is 21.4 Å². The Morgan fingerprint density at radius 3 is 1.78 bits per heavy atom. The number of aryl methyl sites for hydroxylation is 4. The Balaban J connectivity index is 2.17. The topological polar surface area (TPSA) is 39.9 Å². The molecule has 0 aliphatic heterocycles. The van der Waals surface area contributed by atoms with Gasteiger partial charge in [-0.25, -0.2) is 0 Å². The van der Waals surface area contributed by atoms with E-state index in [9.17, 15) is 8.78 Å². The van der Waals surface area contributed by atoms with Gasteiger partial charge in [0.15, 0.2) is 0 Å². The Bertz CT molecular complexity index is 825. The first-order chi connectivity index (χ1) is 10.9. The molecule has 23 heavy (non-hydrogen) atoms. The second-order valence-corrected chi connectivity index (χ2v) is 5.50. The average molecular weight is 317 g/mol. The molecule has 0 amide bonds. The number of hydrogen-bond donors (Lipinski definition) is 0. The predicted molar refractivity (Wildman–Crippen MR) is 84.4 cm³/mol. The van der Waals surface area contributed by atoms with E-state index < -0.39 is 6.61 Å². The maximum atomic E-state index is 12.3. The van der Waals surface area contributed by atoms with E-state index in [1.807, 2.05) is 27.7 Å². The fraction of sp³-hybridized carbons (Fsp3) is 0.294. The summed E-state index contributed by atoms with van der Waals surface area (Å²) in [5.74, 6) is 0.145. The number of aromatic nitrogens is 3. The summed E-state index contributed by atoms with van der Waals surface area (Å²) in [6.45, 7) is 5.09. The minimum absolute atomic E-state index is 0.145. The van der Waals surface area contributed by atoms with Gasteiger partial charge in [-0.15, -0.1) is 0 Å². The zero-order valence-corrected chi connectivity index (χ0v) is 13.4. The standard InChI is InChI=1S/C17H17F2N3O/c1-9-15-11(3)22(12(4)16(15)10(2)21-20-9)13-5-7-14(8-6-13)23-17(18)19/h5-8,17H,1-4H3. The minimum atomic E-state index is -2.82. The van der Waals surface area contributed by atoms with Crippen LogP contribution in [0.15, 0.2) is 24.3 Å². The van der Waals surface area contributed by atoms with Crippen LogP contribution in [0, 0.1) is 27.7 Å². The minimum Gasteiger partial charge on any atom is -0.435 e. The summed E-state index contributed by atoms with van der Waals surface area (Å²) in [6, 6.07) is 6.62. The van der Waals surface area contributed by atoms with Gasteiger partial charge in [0.1, 0.15) is 5.75 Å². The van der Waals surface area contributed by atoms with E-state index in [1.165, 1.54) is 0 Å². The van der Waals surface area contributed by atoms with Crippen molar-refractivity contribution in [2.75, 3.05) is 0 Å². The van der Waals surface area contributed by atoms with Crippen LogP contribution in [0.5, 0.6) is 5.75 Å². The first-order valence-corrected chi connectivity index (χ1v) is 7.27. The second-order valence-electron chi connectivity index (χ2n) is 5.50. The molecule has 0 spiro atoms. The molecule has 2 aromatic heterocycles. The van der Waals surface area contributed by atoms with Crippen molar-refractivity contribution in [3.63, 3.8) is 0 Å². The summed E-state index contributed by atoms with van der Waals surface area (Å²) in [5.41, 5.74) is 4.74. The van der Waals surface area contributed by atoms with Gasteiger partial charge in [-0.1, -0.05) is 0 Å². The van der Waals surface area contributed by atoms with Gasteiger partial charge in [0.05, 0.1) is 11.4 Å². The van der Waals surface area contributed by atoms with Gasteiger partial charge in [0.2, 0.25) is 0 Å². The van der Waals surface area contributed by atoms with Crippen LogP contribution in [0.3, 0.4) is 0 Å². The van der Waals surface area contributed by atoms with Gasteiger partial charge >= 0.3 is 6.61 Å². The zero-order valence-electron chi connectivity index (χ0n) is 13.4. The first kappa shape index (κ1) is 15.4. The molecule has 1 aromatic carbocycles. The van der Waals surface area contributed by atoms with Crippen LogP contribution >= 0.6 is 0 Å². The van der Waals surface area contributed by atoms with Crippen molar-refractivity contribution in [3.8, 4) is 11.4 Å². The molecule has 6 heteroatoms. The van der Waals surface area contributed by atoms with Gasteiger partial charge in [0, 0.05) is 27.8 Å². The molecule has 0 saturated carbocycles. The molecule has 0 aliphatic carbocycles. The van der Waals surface area contributed by atoms with Crippen molar-refractivity contribution in [3.05, 3.63) is 47.0 Å². The summed E-state index contributed by atoms with van der Waals surface area (Å²) in [4.78, 5) is 0. The second kappa shape index (κ2) is 5.61. The van der Waals surface area contributed by atoms with Gasteiger partial charge in [-0.2, -0.15) is 19.0 Å². The lowest BCUT2D eigenvalue weighted by Gasteiger charge is -2.11. The predicted octanol–water partition coefficient (Wildman–Crippen LogP) is 4.26. The molecule has 0 saturated heterocycles. The molecule has 2 heterocycles. The molecule has 3 rings (SSSR count). The molecule has 0 bridgehead atoms. The lowest BCUT2D eigenvalue weighted by atomic mass is 10.1. The summed E-state index contributed by atoms with van der Waals surface area (Å²) < 4.78 is 31.0. The quantitative estimate of drug-likeness (QED) is 0.725. The summed E-state index contributed by atoms with van der Waals surface area (Å²) >= 11 is 0. The number of benzene rings is 1. The maximum Gasteiger partial charge on any atom is 0.387 e. The number of halogens is 2. The van der Waals surface area contributed by atoms with Crippen molar-refractivity contribution < 1.29 is 13.5 Å². The van der Waals surface area contributed by atoms with Crippen LogP contribution in [0.1, 0.15) is 22.8 Å². The monoisotopic (exact) mass is 317 g/mol. The molecule has 0 radical (unpaired) electrons. The Kier molecular flexibility index (Phi) is 3.75. The summed E-state index contributed by atoms with van der Waals surface area (Å²) in [7, 11) is 0. The Morgan fingerprint density at radius 1 is 0.870 bits per heavy atom. The SMILES string of the molecule is Cc1nnc(C)c2c(C)n(-c3ccc(OC(F)F)cc3)c(C)c12. The van der Waals surface area contributed by atoms with Crippen LogP contribution in [0.2, 0.25) is 0 Å². The smallest absolute Gasteiger partial charge is 0.387 e. The molecule has 0 unspecified atom stereocenters. The molecule has 0 N–H and O–H groups in total. The molecule has 0 fully saturated rings. The van der Waals surface area contributed by atoms with Crippen molar-refractivity contribution in [2.45, 2.75) is 34.3 Å². The molecular formula is C17H17F2N3O. The molecule has 4 nitrogen and oxygen atoms in total. The van der Waals surface area contributed by atoms with Gasteiger partial charge in [0.25, 0.3) is 0 Å². The van der Waals surface area contributed by atoms with E-state index in [-0.39, 0.29) is 5.75 Å². The summed E-state index contributed by atoms with van der Waals surface area (Å²) in [6.07, 6.45) is 0. The Hall–Kier alpha value is -2.50. The number of rotatable bonds is 3. The van der Waals surface area contributed by atoms with E-state index in [1.54, 1.807) is 24.3 Å². The molecule has 0 atom stereocenters. The third-order valence-corrected chi connectivity index (χ3v) is 4.04. The fourth-order valence-corrected chi connectivity index (χ4v) is 3.14. The van der Waals surface area contributed by atoms with Gasteiger partial charge < -0.3 is 9.30 Å². The van der Waals surface area contributed by atoms with Gasteiger partial charge in [-0.05, 0) is 52.0 Å². The zero-order chi connectivity index (χ0) is 16.7. The maximum absolute atomic E-state index is 12.3. The van der Waals surface area contributed by atoms with Crippen LogP contribution in [0.4, 0.5) is 8.78 Å². The number of ether oxygens (including phenoxy) is 1. The highest BCUT2D eigenvalue weighted by Crippen LogP contribution is 2.32. The Morgan fingerprint density at radius 2 is 1.35 bits per heavy atom. The highest BCUT2D eigenvalue weighted by molar-refractivity contribution is 5.92. The van der Waals surface area contributed by atoms with E-state index in [2.05, 4.69) is 19.5 Å². The van der Waals surface area contributed by atoms with Crippen molar-refractivity contribution in [2.24, 2.45) is 0 Å². The number of hydrogen-bond acceptors (Lipinski definition) is 3. The average Bonchev–Trinajstić information content (AvgIpc) is 2.76. The van der Waals surface area contributed by atoms with Gasteiger partial charge in [-0.3, -0.25) is 0 Å². The highest BCUT2D eigenvalue weighted by Gasteiger charge is 2.17. The molecular weight excluding hydrogens is 300 g/mol. The number of alkyl halides is 2. The molecule has 3 aromatic rings. The third kappa shape index (κ3) is 2.54. The van der Waals surface area contributed by atoms with Crippen molar-refractivity contribution in [1.29, 1.82) is 0 Å². The van der Waals surface area contributed by atoms with Crippen molar-refractivity contribution >= 4 is 10.8 Å². The van der Waals surface area contributed by atoms with E-state index in [0.717, 1.165) is 39.2 Å². The van der Waals surface area contributed by atoms with E-state index in [0.29, 0.717) is 0 Å². The highest BCUT2D eigenvalue weighted by atomic mass is 19.3. The summed E-state index contributed by atoms with van der Waals surface area (Å²) in [5, 5.41) is 10.6. The van der Waals surface area contributed by atoms with E-state index >= 15 is 0 Å². The Labute approximate surface area is 132 Å². The van der Waals surface area contributed by atoms with E-state index in [4.69, 9.17) is 0 Å². The van der Waals surface area contributed by atoms with Crippen LogP contribution < -0.4 is 4.74 Å². The van der Waals surface area contributed by atoms with Crippen LogP contribution in [0.25, 0.3) is 16.5 Å². The molecule has 0 aliphatic rings. The molecule has 120 valence electrons.